The molecule has 2 heterocycles. The zero-order valence-corrected chi connectivity index (χ0v) is 8.69. The van der Waals surface area contributed by atoms with Crippen molar-refractivity contribution in [3.63, 3.8) is 0 Å². The minimum absolute atomic E-state index is 0.581. The van der Waals surface area contributed by atoms with Crippen LogP contribution in [0, 0.1) is 13.8 Å². The lowest BCUT2D eigenvalue weighted by Gasteiger charge is -2.02. The van der Waals surface area contributed by atoms with Gasteiger partial charge in [0.1, 0.15) is 11.6 Å². The summed E-state index contributed by atoms with van der Waals surface area (Å²) in [4.78, 5) is 8.22. The van der Waals surface area contributed by atoms with Gasteiger partial charge in [-0.25, -0.2) is 9.97 Å². The third-order valence-electron chi connectivity index (χ3n) is 1.90. The molecule has 0 radical (unpaired) electrons. The molecule has 0 atom stereocenters. The van der Waals surface area contributed by atoms with E-state index in [4.69, 9.17) is 4.52 Å². The van der Waals surface area contributed by atoms with Crippen LogP contribution in [0.3, 0.4) is 0 Å². The fraction of sp³-hybridized carbons (Fsp3) is 0.300. The van der Waals surface area contributed by atoms with Crippen molar-refractivity contribution in [1.82, 2.24) is 15.1 Å². The Hall–Kier alpha value is -1.91. The molecule has 2 aromatic rings. The molecule has 2 aromatic heterocycles. The van der Waals surface area contributed by atoms with Gasteiger partial charge in [-0.2, -0.15) is 0 Å². The molecule has 78 valence electrons. The van der Waals surface area contributed by atoms with Crippen LogP contribution in [-0.2, 0) is 6.54 Å². The fourth-order valence-electron chi connectivity index (χ4n) is 1.23. The Morgan fingerprint density at radius 3 is 2.93 bits per heavy atom. The van der Waals surface area contributed by atoms with E-state index in [1.54, 1.807) is 6.20 Å². The number of rotatable bonds is 3. The van der Waals surface area contributed by atoms with Gasteiger partial charge in [0.25, 0.3) is 0 Å². The number of hydrogen-bond donors (Lipinski definition) is 1. The topological polar surface area (TPSA) is 63.8 Å². The summed E-state index contributed by atoms with van der Waals surface area (Å²) >= 11 is 0. The molecule has 0 aliphatic rings. The van der Waals surface area contributed by atoms with E-state index in [0.717, 1.165) is 23.1 Å². The average molecular weight is 204 g/mol. The van der Waals surface area contributed by atoms with Gasteiger partial charge in [0.15, 0.2) is 5.76 Å². The summed E-state index contributed by atoms with van der Waals surface area (Å²) in [6, 6.07) is 3.71. The van der Waals surface area contributed by atoms with Crippen LogP contribution in [0.2, 0.25) is 0 Å². The second-order valence-corrected chi connectivity index (χ2v) is 3.28. The standard InChI is InChI=1S/C10H12N4O/c1-7-5-9(15-14-7)6-12-10-3-4-11-8(2)13-10/h3-5H,6H2,1-2H3,(H,11,12,13). The number of aromatic nitrogens is 3. The maximum absolute atomic E-state index is 5.06. The summed E-state index contributed by atoms with van der Waals surface area (Å²) in [5, 5.41) is 6.93. The Kier molecular flexibility index (Phi) is 2.62. The summed E-state index contributed by atoms with van der Waals surface area (Å²) in [7, 11) is 0. The number of nitrogens with one attached hydrogen (secondary N) is 1. The van der Waals surface area contributed by atoms with Crippen molar-refractivity contribution >= 4 is 5.82 Å². The first-order chi connectivity index (χ1) is 7.24. The highest BCUT2D eigenvalue weighted by atomic mass is 16.5. The lowest BCUT2D eigenvalue weighted by Crippen LogP contribution is -2.01. The fourth-order valence-corrected chi connectivity index (χ4v) is 1.23. The minimum Gasteiger partial charge on any atom is -0.363 e. The van der Waals surface area contributed by atoms with Crippen LogP contribution in [-0.4, -0.2) is 15.1 Å². The summed E-state index contributed by atoms with van der Waals surface area (Å²) < 4.78 is 5.06. The normalized spacial score (nSPS) is 10.3. The molecule has 1 N–H and O–H groups in total. The maximum atomic E-state index is 5.06. The van der Waals surface area contributed by atoms with Gasteiger partial charge in [-0.3, -0.25) is 0 Å². The summed E-state index contributed by atoms with van der Waals surface area (Å²) in [6.07, 6.45) is 1.72. The lowest BCUT2D eigenvalue weighted by molar-refractivity contribution is 0.384. The SMILES string of the molecule is Cc1cc(CNc2ccnc(C)n2)on1. The Morgan fingerprint density at radius 2 is 2.27 bits per heavy atom. The zero-order valence-electron chi connectivity index (χ0n) is 8.69. The van der Waals surface area contributed by atoms with E-state index in [-0.39, 0.29) is 0 Å². The van der Waals surface area contributed by atoms with Crippen molar-refractivity contribution < 1.29 is 4.52 Å². The van der Waals surface area contributed by atoms with E-state index >= 15 is 0 Å². The van der Waals surface area contributed by atoms with Crippen LogP contribution in [0.5, 0.6) is 0 Å². The van der Waals surface area contributed by atoms with Gasteiger partial charge in [0, 0.05) is 12.3 Å². The summed E-state index contributed by atoms with van der Waals surface area (Å²) in [5.74, 6) is 2.33. The highest BCUT2D eigenvalue weighted by Gasteiger charge is 2.00. The second-order valence-electron chi connectivity index (χ2n) is 3.28. The number of anilines is 1. The molecule has 0 aliphatic heterocycles. The number of aryl methyl sites for hydroxylation is 2. The molecule has 0 fully saturated rings. The van der Waals surface area contributed by atoms with Gasteiger partial charge in [-0.15, -0.1) is 0 Å². The van der Waals surface area contributed by atoms with Crippen LogP contribution < -0.4 is 5.32 Å². The molecule has 0 bridgehead atoms. The number of hydrogen-bond acceptors (Lipinski definition) is 5. The average Bonchev–Trinajstić information content (AvgIpc) is 2.62. The number of nitrogens with zero attached hydrogens (tertiary/aromatic N) is 3. The Morgan fingerprint density at radius 1 is 1.40 bits per heavy atom. The van der Waals surface area contributed by atoms with Crippen LogP contribution in [0.15, 0.2) is 22.9 Å². The molecule has 0 amide bonds. The molecule has 0 unspecified atom stereocenters. The van der Waals surface area contributed by atoms with Crippen molar-refractivity contribution in [2.75, 3.05) is 5.32 Å². The highest BCUT2D eigenvalue weighted by molar-refractivity contribution is 5.33. The van der Waals surface area contributed by atoms with Gasteiger partial charge in [0.05, 0.1) is 12.2 Å². The Labute approximate surface area is 87.5 Å². The van der Waals surface area contributed by atoms with Gasteiger partial charge in [-0.05, 0) is 19.9 Å². The largest absolute Gasteiger partial charge is 0.363 e. The molecular weight excluding hydrogens is 192 g/mol. The van der Waals surface area contributed by atoms with E-state index in [1.807, 2.05) is 26.0 Å². The zero-order chi connectivity index (χ0) is 10.7. The monoisotopic (exact) mass is 204 g/mol. The van der Waals surface area contributed by atoms with E-state index in [2.05, 4.69) is 20.4 Å². The molecule has 5 heteroatoms. The minimum atomic E-state index is 0.581. The summed E-state index contributed by atoms with van der Waals surface area (Å²) in [5.41, 5.74) is 0.880. The maximum Gasteiger partial charge on any atom is 0.156 e. The molecule has 0 aliphatic carbocycles. The third kappa shape index (κ3) is 2.52. The molecule has 0 saturated heterocycles. The Balaban J connectivity index is 1.99. The predicted molar refractivity (Wildman–Crippen MR) is 55.3 cm³/mol. The van der Waals surface area contributed by atoms with Crippen molar-refractivity contribution in [3.05, 3.63) is 35.6 Å². The first-order valence-electron chi connectivity index (χ1n) is 4.70. The first kappa shape index (κ1) is 9.64. The van der Waals surface area contributed by atoms with Crippen LogP contribution in [0.25, 0.3) is 0 Å². The quantitative estimate of drug-likeness (QED) is 0.824. The van der Waals surface area contributed by atoms with Crippen LogP contribution in [0.1, 0.15) is 17.3 Å². The molecule has 15 heavy (non-hydrogen) atoms. The molecular formula is C10H12N4O. The van der Waals surface area contributed by atoms with Crippen LogP contribution >= 0.6 is 0 Å². The highest BCUT2D eigenvalue weighted by Crippen LogP contribution is 2.06. The molecule has 0 saturated carbocycles. The summed E-state index contributed by atoms with van der Waals surface area (Å²) in [6.45, 7) is 4.32. The van der Waals surface area contributed by atoms with E-state index < -0.39 is 0 Å². The second kappa shape index (κ2) is 4.08. The Bertz CT molecular complexity index is 452. The third-order valence-corrected chi connectivity index (χ3v) is 1.90. The first-order valence-corrected chi connectivity index (χ1v) is 4.70. The van der Waals surface area contributed by atoms with E-state index in [0.29, 0.717) is 6.54 Å². The van der Waals surface area contributed by atoms with Gasteiger partial charge in [0.2, 0.25) is 0 Å². The molecule has 2 rings (SSSR count). The van der Waals surface area contributed by atoms with Crippen LogP contribution in [0.4, 0.5) is 5.82 Å². The van der Waals surface area contributed by atoms with Gasteiger partial charge < -0.3 is 9.84 Å². The van der Waals surface area contributed by atoms with Gasteiger partial charge >= 0.3 is 0 Å². The molecule has 0 spiro atoms. The van der Waals surface area contributed by atoms with Gasteiger partial charge in [-0.1, -0.05) is 5.16 Å². The lowest BCUT2D eigenvalue weighted by atomic mass is 10.4. The predicted octanol–water partition coefficient (Wildman–Crippen LogP) is 1.69. The van der Waals surface area contributed by atoms with E-state index in [9.17, 15) is 0 Å². The van der Waals surface area contributed by atoms with Crippen molar-refractivity contribution in [3.8, 4) is 0 Å². The molecule has 0 aromatic carbocycles. The van der Waals surface area contributed by atoms with Crippen molar-refractivity contribution in [2.24, 2.45) is 0 Å². The van der Waals surface area contributed by atoms with Crippen molar-refractivity contribution in [2.45, 2.75) is 20.4 Å². The van der Waals surface area contributed by atoms with Crippen molar-refractivity contribution in [1.29, 1.82) is 0 Å². The smallest absolute Gasteiger partial charge is 0.156 e. The van der Waals surface area contributed by atoms with E-state index in [1.165, 1.54) is 0 Å². The molecule has 5 nitrogen and oxygen atoms in total.